The summed E-state index contributed by atoms with van der Waals surface area (Å²) in [5.74, 6) is 1.18. The second-order valence-electron chi connectivity index (χ2n) is 7.50. The third-order valence-corrected chi connectivity index (χ3v) is 5.91. The third kappa shape index (κ3) is 5.35. The lowest BCUT2D eigenvalue weighted by Crippen LogP contribution is -2.27. The van der Waals surface area contributed by atoms with E-state index in [2.05, 4.69) is 5.32 Å². The molecule has 0 saturated carbocycles. The summed E-state index contributed by atoms with van der Waals surface area (Å²) in [5, 5.41) is 8.83. The van der Waals surface area contributed by atoms with E-state index in [0.717, 1.165) is 22.6 Å². The van der Waals surface area contributed by atoms with Gasteiger partial charge < -0.3 is 14.8 Å². The van der Waals surface area contributed by atoms with Crippen molar-refractivity contribution in [2.75, 3.05) is 20.8 Å². The van der Waals surface area contributed by atoms with Crippen molar-refractivity contribution in [3.63, 3.8) is 0 Å². The molecular weight excluding hydrogens is 473 g/mol. The number of aromatic nitrogens is 2. The minimum atomic E-state index is -0.248. The Morgan fingerprint density at radius 1 is 0.941 bits per heavy atom. The molecule has 3 aromatic carbocycles. The molecule has 0 bridgehead atoms. The maximum atomic E-state index is 13.2. The van der Waals surface area contributed by atoms with Crippen molar-refractivity contribution in [3.05, 3.63) is 94.1 Å². The van der Waals surface area contributed by atoms with Crippen LogP contribution in [0.4, 0.5) is 0 Å². The Labute approximate surface area is 208 Å². The lowest BCUT2D eigenvalue weighted by Gasteiger charge is -2.10. The Kier molecular flexibility index (Phi) is 7.40. The highest BCUT2D eigenvalue weighted by Crippen LogP contribution is 2.26. The van der Waals surface area contributed by atoms with E-state index >= 15 is 0 Å². The average molecular weight is 496 g/mol. The van der Waals surface area contributed by atoms with Crippen LogP contribution in [0.1, 0.15) is 16.1 Å². The number of carbonyl (C=O) groups excluding carboxylic acids is 1. The monoisotopic (exact) mass is 495 g/mol. The van der Waals surface area contributed by atoms with Gasteiger partial charge in [0.05, 0.1) is 25.6 Å². The van der Waals surface area contributed by atoms with E-state index in [0.29, 0.717) is 40.1 Å². The van der Waals surface area contributed by atoms with Gasteiger partial charge in [-0.1, -0.05) is 41.4 Å². The Bertz CT molecular complexity index is 1300. The Morgan fingerprint density at radius 3 is 2.41 bits per heavy atom. The van der Waals surface area contributed by atoms with E-state index in [4.69, 9.17) is 37.8 Å². The molecule has 0 radical (unpaired) electrons. The molecule has 0 aliphatic rings. The van der Waals surface area contributed by atoms with Crippen LogP contribution in [-0.4, -0.2) is 36.5 Å². The van der Waals surface area contributed by atoms with Crippen molar-refractivity contribution in [2.45, 2.75) is 6.42 Å². The standard InChI is InChI=1S/C26H23Cl2N3O3/c1-33-21-10-8-20(9-11-21)31-25(16-24(30-31)18-4-3-5-22(14-18)34-2)26(32)29-13-12-17-6-7-19(27)15-23(17)28/h3-11,14-16H,12-13H2,1-2H3,(H,29,32). The molecule has 8 heteroatoms. The van der Waals surface area contributed by atoms with Gasteiger partial charge in [0.15, 0.2) is 0 Å². The number of amides is 1. The summed E-state index contributed by atoms with van der Waals surface area (Å²) < 4.78 is 12.2. The smallest absolute Gasteiger partial charge is 0.270 e. The lowest BCUT2D eigenvalue weighted by molar-refractivity contribution is 0.0946. The number of hydrogen-bond acceptors (Lipinski definition) is 4. The third-order valence-electron chi connectivity index (χ3n) is 5.32. The first-order valence-electron chi connectivity index (χ1n) is 10.6. The first kappa shape index (κ1) is 23.7. The van der Waals surface area contributed by atoms with E-state index in [1.807, 2.05) is 54.6 Å². The van der Waals surface area contributed by atoms with Gasteiger partial charge in [0.1, 0.15) is 17.2 Å². The predicted octanol–water partition coefficient (Wildman–Crippen LogP) is 5.84. The zero-order valence-electron chi connectivity index (χ0n) is 18.7. The lowest BCUT2D eigenvalue weighted by atomic mass is 10.1. The predicted molar refractivity (Wildman–Crippen MR) is 135 cm³/mol. The van der Waals surface area contributed by atoms with Crippen molar-refractivity contribution in [3.8, 4) is 28.4 Å². The number of nitrogens with zero attached hydrogens (tertiary/aromatic N) is 2. The van der Waals surface area contributed by atoms with Crippen molar-refractivity contribution < 1.29 is 14.3 Å². The molecule has 0 unspecified atom stereocenters. The van der Waals surface area contributed by atoms with Gasteiger partial charge in [0.2, 0.25) is 0 Å². The van der Waals surface area contributed by atoms with Gasteiger partial charge in [-0.25, -0.2) is 4.68 Å². The van der Waals surface area contributed by atoms with Crippen LogP contribution in [0.3, 0.4) is 0 Å². The zero-order chi connectivity index (χ0) is 24.1. The number of rotatable bonds is 8. The minimum Gasteiger partial charge on any atom is -0.497 e. The SMILES string of the molecule is COc1ccc(-n2nc(-c3cccc(OC)c3)cc2C(=O)NCCc2ccc(Cl)cc2Cl)cc1. The van der Waals surface area contributed by atoms with Crippen LogP contribution in [0.2, 0.25) is 10.0 Å². The molecule has 0 spiro atoms. The molecule has 4 aromatic rings. The van der Waals surface area contributed by atoms with E-state index in [1.165, 1.54) is 0 Å². The molecular formula is C26H23Cl2N3O3. The van der Waals surface area contributed by atoms with Gasteiger partial charge in [0, 0.05) is 22.2 Å². The Morgan fingerprint density at radius 2 is 1.71 bits per heavy atom. The van der Waals surface area contributed by atoms with Crippen molar-refractivity contribution in [1.82, 2.24) is 15.1 Å². The first-order valence-corrected chi connectivity index (χ1v) is 11.3. The van der Waals surface area contributed by atoms with Crippen LogP contribution < -0.4 is 14.8 Å². The van der Waals surface area contributed by atoms with Gasteiger partial charge in [-0.2, -0.15) is 5.10 Å². The first-order chi connectivity index (χ1) is 16.5. The van der Waals surface area contributed by atoms with E-state index in [-0.39, 0.29) is 5.91 Å². The molecule has 1 aromatic heterocycles. The Hall–Kier alpha value is -3.48. The van der Waals surface area contributed by atoms with E-state index < -0.39 is 0 Å². The minimum absolute atomic E-state index is 0.248. The van der Waals surface area contributed by atoms with Gasteiger partial charge in [0.25, 0.3) is 5.91 Å². The number of carbonyl (C=O) groups is 1. The maximum absolute atomic E-state index is 13.2. The van der Waals surface area contributed by atoms with Crippen molar-refractivity contribution in [1.29, 1.82) is 0 Å². The largest absolute Gasteiger partial charge is 0.497 e. The summed E-state index contributed by atoms with van der Waals surface area (Å²) in [6.45, 7) is 0.405. The molecule has 1 N–H and O–H groups in total. The van der Waals surface area contributed by atoms with Crippen LogP contribution >= 0.6 is 23.2 Å². The fraction of sp³-hybridized carbons (Fsp3) is 0.154. The number of methoxy groups -OCH3 is 2. The highest BCUT2D eigenvalue weighted by Gasteiger charge is 2.18. The van der Waals surface area contributed by atoms with Gasteiger partial charge in [-0.15, -0.1) is 0 Å². The summed E-state index contributed by atoms with van der Waals surface area (Å²) in [4.78, 5) is 13.2. The molecule has 0 fully saturated rings. The van der Waals surface area contributed by atoms with Crippen molar-refractivity contribution >= 4 is 29.1 Å². The number of hydrogen-bond donors (Lipinski definition) is 1. The highest BCUT2D eigenvalue weighted by molar-refractivity contribution is 6.35. The average Bonchev–Trinajstić information content (AvgIpc) is 3.31. The quantitative estimate of drug-likeness (QED) is 0.333. The van der Waals surface area contributed by atoms with Crippen LogP contribution in [0, 0.1) is 0 Å². The maximum Gasteiger partial charge on any atom is 0.270 e. The van der Waals surface area contributed by atoms with E-state index in [1.54, 1.807) is 37.1 Å². The molecule has 6 nitrogen and oxygen atoms in total. The van der Waals surface area contributed by atoms with Gasteiger partial charge in [-0.05, 0) is 66.6 Å². The summed E-state index contributed by atoms with van der Waals surface area (Å²) >= 11 is 12.2. The molecule has 1 amide bonds. The van der Waals surface area contributed by atoms with Crippen LogP contribution in [0.5, 0.6) is 11.5 Å². The van der Waals surface area contributed by atoms with Crippen LogP contribution in [0.25, 0.3) is 16.9 Å². The number of benzene rings is 3. The Balaban J connectivity index is 1.61. The molecule has 0 saturated heterocycles. The molecule has 0 aliphatic carbocycles. The zero-order valence-corrected chi connectivity index (χ0v) is 20.2. The van der Waals surface area contributed by atoms with Gasteiger partial charge in [-0.3, -0.25) is 4.79 Å². The van der Waals surface area contributed by atoms with Crippen molar-refractivity contribution in [2.24, 2.45) is 0 Å². The van der Waals surface area contributed by atoms with Crippen LogP contribution in [0.15, 0.2) is 72.8 Å². The summed E-state index contributed by atoms with van der Waals surface area (Å²) in [6.07, 6.45) is 0.571. The molecule has 0 aliphatic heterocycles. The second kappa shape index (κ2) is 10.6. The van der Waals surface area contributed by atoms with E-state index in [9.17, 15) is 4.79 Å². The molecule has 0 atom stereocenters. The normalized spacial score (nSPS) is 10.7. The highest BCUT2D eigenvalue weighted by atomic mass is 35.5. The topological polar surface area (TPSA) is 65.4 Å². The molecule has 4 rings (SSSR count). The number of halogens is 2. The summed E-state index contributed by atoms with van der Waals surface area (Å²) in [6, 6.07) is 22.0. The number of ether oxygens (including phenoxy) is 2. The van der Waals surface area contributed by atoms with Crippen LogP contribution in [-0.2, 0) is 6.42 Å². The molecule has 34 heavy (non-hydrogen) atoms. The molecule has 1 heterocycles. The fourth-order valence-electron chi connectivity index (χ4n) is 3.51. The number of nitrogens with one attached hydrogen (secondary N) is 1. The summed E-state index contributed by atoms with van der Waals surface area (Å²) in [7, 11) is 3.22. The molecule has 174 valence electrons. The summed E-state index contributed by atoms with van der Waals surface area (Å²) in [5.41, 5.74) is 3.55. The second-order valence-corrected chi connectivity index (χ2v) is 8.34. The fourth-order valence-corrected chi connectivity index (χ4v) is 4.02. The van der Waals surface area contributed by atoms with Gasteiger partial charge >= 0.3 is 0 Å².